The number of para-hydroxylation sites is 1. The van der Waals surface area contributed by atoms with Crippen molar-refractivity contribution in [3.63, 3.8) is 0 Å². The van der Waals surface area contributed by atoms with Gasteiger partial charge in [0.15, 0.2) is 0 Å². The fraction of sp³-hybridized carbons (Fsp3) is 0.368. The van der Waals surface area contributed by atoms with Crippen LogP contribution in [0.5, 0.6) is 5.75 Å². The van der Waals surface area contributed by atoms with Crippen LogP contribution in [-0.2, 0) is 12.8 Å². The van der Waals surface area contributed by atoms with Gasteiger partial charge in [0.25, 0.3) is 0 Å². The smallest absolute Gasteiger partial charge is 0.129 e. The maximum absolute atomic E-state index is 10.5. The van der Waals surface area contributed by atoms with Crippen LogP contribution < -0.4 is 4.74 Å². The molecule has 1 N–H and O–H groups in total. The number of ether oxygens (including phenoxy) is 1. The van der Waals surface area contributed by atoms with Crippen molar-refractivity contribution in [2.45, 2.75) is 44.8 Å². The summed E-state index contributed by atoms with van der Waals surface area (Å²) in [6.45, 7) is 4.18. The highest BCUT2D eigenvalue weighted by molar-refractivity contribution is 5.46. The Hall–Kier alpha value is -1.80. The van der Waals surface area contributed by atoms with E-state index >= 15 is 0 Å². The highest BCUT2D eigenvalue weighted by Crippen LogP contribution is 2.40. The van der Waals surface area contributed by atoms with Crippen LogP contribution in [0.3, 0.4) is 0 Å². The van der Waals surface area contributed by atoms with Gasteiger partial charge in [0.1, 0.15) is 11.4 Å². The maximum Gasteiger partial charge on any atom is 0.129 e. The summed E-state index contributed by atoms with van der Waals surface area (Å²) in [5.74, 6) is 0.892. The predicted octanol–water partition coefficient (Wildman–Crippen LogP) is 4.07. The summed E-state index contributed by atoms with van der Waals surface area (Å²) >= 11 is 0. The lowest BCUT2D eigenvalue weighted by Crippen LogP contribution is -2.25. The van der Waals surface area contributed by atoms with Gasteiger partial charge in [0.2, 0.25) is 0 Å². The molecule has 0 radical (unpaired) electrons. The first-order chi connectivity index (χ1) is 10.1. The van der Waals surface area contributed by atoms with E-state index in [4.69, 9.17) is 4.74 Å². The molecule has 21 heavy (non-hydrogen) atoms. The van der Waals surface area contributed by atoms with Crippen LogP contribution in [0.15, 0.2) is 48.5 Å². The molecule has 1 atom stereocenters. The molecule has 0 amide bonds. The van der Waals surface area contributed by atoms with Crippen molar-refractivity contribution in [2.24, 2.45) is 0 Å². The van der Waals surface area contributed by atoms with Crippen LogP contribution in [0.25, 0.3) is 0 Å². The van der Waals surface area contributed by atoms with Gasteiger partial charge in [0, 0.05) is 12.0 Å². The molecule has 0 spiro atoms. The zero-order valence-electron chi connectivity index (χ0n) is 12.7. The molecule has 0 saturated heterocycles. The SMILES string of the molecule is CC1(C)Cc2cccc(C(O)CCc3ccccc3)c2O1. The number of rotatable bonds is 4. The summed E-state index contributed by atoms with van der Waals surface area (Å²) in [5, 5.41) is 10.5. The van der Waals surface area contributed by atoms with Crippen LogP contribution >= 0.6 is 0 Å². The summed E-state index contributed by atoms with van der Waals surface area (Å²) in [6.07, 6.45) is 2.01. The lowest BCUT2D eigenvalue weighted by atomic mass is 9.96. The zero-order chi connectivity index (χ0) is 14.9. The van der Waals surface area contributed by atoms with Crippen LogP contribution in [-0.4, -0.2) is 10.7 Å². The van der Waals surface area contributed by atoms with Crippen molar-refractivity contribution < 1.29 is 9.84 Å². The Bertz CT molecular complexity index is 617. The second kappa shape index (κ2) is 5.53. The quantitative estimate of drug-likeness (QED) is 0.916. The molecule has 2 aromatic carbocycles. The average molecular weight is 282 g/mol. The van der Waals surface area contributed by atoms with Crippen molar-refractivity contribution in [3.05, 3.63) is 65.2 Å². The first-order valence-electron chi connectivity index (χ1n) is 7.58. The fourth-order valence-electron chi connectivity index (χ4n) is 3.01. The minimum Gasteiger partial charge on any atom is -0.487 e. The molecule has 0 aromatic heterocycles. The van der Waals surface area contributed by atoms with E-state index in [1.54, 1.807) is 0 Å². The van der Waals surface area contributed by atoms with E-state index in [1.165, 1.54) is 11.1 Å². The monoisotopic (exact) mass is 282 g/mol. The Morgan fingerprint density at radius 1 is 1.10 bits per heavy atom. The average Bonchev–Trinajstić information content (AvgIpc) is 2.79. The highest BCUT2D eigenvalue weighted by Gasteiger charge is 2.32. The van der Waals surface area contributed by atoms with E-state index in [0.29, 0.717) is 6.42 Å². The molecule has 2 nitrogen and oxygen atoms in total. The molecule has 1 aliphatic rings. The van der Waals surface area contributed by atoms with Gasteiger partial charge < -0.3 is 9.84 Å². The fourth-order valence-corrected chi connectivity index (χ4v) is 3.01. The number of aliphatic hydroxyl groups excluding tert-OH is 1. The Labute approximate surface area is 126 Å². The summed E-state index contributed by atoms with van der Waals surface area (Å²) in [6, 6.07) is 16.4. The molecular weight excluding hydrogens is 260 g/mol. The van der Waals surface area contributed by atoms with Crippen LogP contribution in [0.2, 0.25) is 0 Å². The minimum atomic E-state index is -0.478. The third kappa shape index (κ3) is 3.11. The first-order valence-corrected chi connectivity index (χ1v) is 7.58. The van der Waals surface area contributed by atoms with E-state index in [9.17, 15) is 5.11 Å². The van der Waals surface area contributed by atoms with Gasteiger partial charge in [-0.2, -0.15) is 0 Å². The third-order valence-corrected chi connectivity index (χ3v) is 4.03. The second-order valence-electron chi connectivity index (χ2n) is 6.41. The number of aryl methyl sites for hydroxylation is 1. The highest BCUT2D eigenvalue weighted by atomic mass is 16.5. The van der Waals surface area contributed by atoms with E-state index in [0.717, 1.165) is 24.2 Å². The normalized spacial score (nSPS) is 17.1. The molecule has 0 bridgehead atoms. The standard InChI is InChI=1S/C19H22O2/c1-19(2)13-15-9-6-10-16(18(15)21-19)17(20)12-11-14-7-4-3-5-8-14/h3-10,17,20H,11-13H2,1-2H3. The predicted molar refractivity (Wildman–Crippen MR) is 84.6 cm³/mol. The summed E-state index contributed by atoms with van der Waals surface area (Å²) < 4.78 is 6.04. The van der Waals surface area contributed by atoms with Crippen LogP contribution in [0.4, 0.5) is 0 Å². The van der Waals surface area contributed by atoms with Gasteiger partial charge in [-0.3, -0.25) is 0 Å². The van der Waals surface area contributed by atoms with E-state index in [1.807, 2.05) is 30.3 Å². The molecule has 1 unspecified atom stereocenters. The molecule has 1 aliphatic heterocycles. The van der Waals surface area contributed by atoms with Crippen molar-refractivity contribution in [3.8, 4) is 5.75 Å². The Morgan fingerprint density at radius 2 is 1.86 bits per heavy atom. The summed E-state index contributed by atoms with van der Waals surface area (Å²) in [5.41, 5.74) is 3.22. The van der Waals surface area contributed by atoms with Crippen molar-refractivity contribution >= 4 is 0 Å². The van der Waals surface area contributed by atoms with Crippen molar-refractivity contribution in [2.75, 3.05) is 0 Å². The molecule has 2 heteroatoms. The molecule has 3 rings (SSSR count). The third-order valence-electron chi connectivity index (χ3n) is 4.03. The Balaban J connectivity index is 1.75. The molecule has 2 aromatic rings. The second-order valence-corrected chi connectivity index (χ2v) is 6.41. The van der Waals surface area contributed by atoms with E-state index < -0.39 is 6.10 Å². The molecule has 0 saturated carbocycles. The number of hydrogen-bond donors (Lipinski definition) is 1. The molecule has 1 heterocycles. The van der Waals surface area contributed by atoms with Crippen LogP contribution in [0.1, 0.15) is 43.1 Å². The minimum absolute atomic E-state index is 0.169. The first kappa shape index (κ1) is 14.2. The van der Waals surface area contributed by atoms with Gasteiger partial charge >= 0.3 is 0 Å². The van der Waals surface area contributed by atoms with E-state index in [2.05, 4.69) is 32.0 Å². The van der Waals surface area contributed by atoms with E-state index in [-0.39, 0.29) is 5.60 Å². The molecule has 110 valence electrons. The Kier molecular flexibility index (Phi) is 3.73. The van der Waals surface area contributed by atoms with Gasteiger partial charge in [0.05, 0.1) is 6.10 Å². The van der Waals surface area contributed by atoms with Gasteiger partial charge in [-0.15, -0.1) is 0 Å². The topological polar surface area (TPSA) is 29.5 Å². The molecular formula is C19H22O2. The van der Waals surface area contributed by atoms with Gasteiger partial charge in [-0.05, 0) is 37.8 Å². The van der Waals surface area contributed by atoms with Gasteiger partial charge in [-0.1, -0.05) is 48.5 Å². The number of hydrogen-bond acceptors (Lipinski definition) is 2. The lowest BCUT2D eigenvalue weighted by Gasteiger charge is -2.20. The zero-order valence-corrected chi connectivity index (χ0v) is 12.7. The van der Waals surface area contributed by atoms with Crippen molar-refractivity contribution in [1.29, 1.82) is 0 Å². The Morgan fingerprint density at radius 3 is 2.62 bits per heavy atom. The largest absolute Gasteiger partial charge is 0.487 e. The molecule has 0 fully saturated rings. The number of aliphatic hydroxyl groups is 1. The van der Waals surface area contributed by atoms with Crippen molar-refractivity contribution in [1.82, 2.24) is 0 Å². The van der Waals surface area contributed by atoms with Crippen LogP contribution in [0, 0.1) is 0 Å². The maximum atomic E-state index is 10.5. The number of fused-ring (bicyclic) bond motifs is 1. The summed E-state index contributed by atoms with van der Waals surface area (Å²) in [4.78, 5) is 0. The lowest BCUT2D eigenvalue weighted by molar-refractivity contribution is 0.124. The number of benzene rings is 2. The summed E-state index contributed by atoms with van der Waals surface area (Å²) in [7, 11) is 0. The molecule has 0 aliphatic carbocycles. The van der Waals surface area contributed by atoms with Gasteiger partial charge in [-0.25, -0.2) is 0 Å².